The highest BCUT2D eigenvalue weighted by Gasteiger charge is 2.09. The number of hydrogen-bond acceptors (Lipinski definition) is 1. The van der Waals surface area contributed by atoms with Crippen molar-refractivity contribution in [3.63, 3.8) is 0 Å². The van der Waals surface area contributed by atoms with Crippen molar-refractivity contribution in [2.24, 2.45) is 5.73 Å². The van der Waals surface area contributed by atoms with Gasteiger partial charge < -0.3 is 5.73 Å². The maximum atomic E-state index is 13.8. The van der Waals surface area contributed by atoms with Gasteiger partial charge >= 0.3 is 0 Å². The van der Waals surface area contributed by atoms with Crippen molar-refractivity contribution in [1.82, 2.24) is 0 Å². The van der Waals surface area contributed by atoms with Gasteiger partial charge in [-0.15, -0.1) is 0 Å². The molecule has 2 aromatic rings. The van der Waals surface area contributed by atoms with Gasteiger partial charge in [-0.25, -0.2) is 4.39 Å². The molecule has 2 rings (SSSR count). The molecule has 2 aromatic carbocycles. The van der Waals surface area contributed by atoms with Gasteiger partial charge in [0.25, 0.3) is 0 Å². The molecular weight excluding hydrogens is 177 g/mol. The first-order chi connectivity index (χ1) is 6.70. The maximum Gasteiger partial charge on any atom is 0.135 e. The van der Waals surface area contributed by atoms with E-state index in [0.29, 0.717) is 10.9 Å². The highest BCUT2D eigenvalue weighted by Crippen LogP contribution is 2.23. The van der Waals surface area contributed by atoms with E-state index in [-0.39, 0.29) is 11.9 Å². The van der Waals surface area contributed by atoms with Gasteiger partial charge in [-0.05, 0) is 12.3 Å². The summed E-state index contributed by atoms with van der Waals surface area (Å²) in [7, 11) is 0. The van der Waals surface area contributed by atoms with Crippen molar-refractivity contribution >= 4 is 10.8 Å². The van der Waals surface area contributed by atoms with E-state index in [9.17, 15) is 4.39 Å². The molecule has 0 bridgehead atoms. The first kappa shape index (κ1) is 9.16. The summed E-state index contributed by atoms with van der Waals surface area (Å²) in [6, 6.07) is 10.8. The van der Waals surface area contributed by atoms with Crippen molar-refractivity contribution < 1.29 is 4.39 Å². The second-order valence-electron chi connectivity index (χ2n) is 3.48. The molecule has 0 aliphatic carbocycles. The van der Waals surface area contributed by atoms with Gasteiger partial charge in [-0.3, -0.25) is 0 Å². The Balaban J connectivity index is 2.75. The summed E-state index contributed by atoms with van der Waals surface area (Å²) >= 11 is 0. The Morgan fingerprint density at radius 1 is 1.14 bits per heavy atom. The average Bonchev–Trinajstić information content (AvgIpc) is 2.18. The topological polar surface area (TPSA) is 26.0 Å². The van der Waals surface area contributed by atoms with Gasteiger partial charge in [-0.1, -0.05) is 36.4 Å². The molecule has 2 N–H and O–H groups in total. The van der Waals surface area contributed by atoms with E-state index < -0.39 is 0 Å². The smallest absolute Gasteiger partial charge is 0.135 e. The highest BCUT2D eigenvalue weighted by atomic mass is 19.1. The first-order valence-corrected chi connectivity index (χ1v) is 4.63. The summed E-state index contributed by atoms with van der Waals surface area (Å²) in [6.07, 6.45) is 0. The normalized spacial score (nSPS) is 13.1. The van der Waals surface area contributed by atoms with Crippen LogP contribution in [0.25, 0.3) is 10.8 Å². The Kier molecular flexibility index (Phi) is 2.22. The van der Waals surface area contributed by atoms with Crippen LogP contribution >= 0.6 is 0 Å². The monoisotopic (exact) mass is 189 g/mol. The summed E-state index contributed by atoms with van der Waals surface area (Å²) in [4.78, 5) is 0. The quantitative estimate of drug-likeness (QED) is 0.733. The minimum atomic E-state index is -0.264. The molecule has 0 saturated carbocycles. The summed E-state index contributed by atoms with van der Waals surface area (Å²) < 4.78 is 13.8. The van der Waals surface area contributed by atoms with E-state index in [0.717, 1.165) is 5.39 Å². The average molecular weight is 189 g/mol. The Morgan fingerprint density at radius 3 is 2.57 bits per heavy atom. The number of halogens is 1. The lowest BCUT2D eigenvalue weighted by molar-refractivity contribution is 0.605. The van der Waals surface area contributed by atoms with Gasteiger partial charge in [0.05, 0.1) is 0 Å². The van der Waals surface area contributed by atoms with E-state index in [2.05, 4.69) is 0 Å². The zero-order valence-corrected chi connectivity index (χ0v) is 8.00. The van der Waals surface area contributed by atoms with Gasteiger partial charge in [0.2, 0.25) is 0 Å². The Hall–Kier alpha value is -1.41. The van der Waals surface area contributed by atoms with Gasteiger partial charge in [-0.2, -0.15) is 0 Å². The van der Waals surface area contributed by atoms with Crippen molar-refractivity contribution in [3.05, 3.63) is 47.8 Å². The molecule has 1 atom stereocenters. The number of nitrogens with two attached hydrogens (primary N) is 1. The molecule has 0 radical (unpaired) electrons. The fraction of sp³-hybridized carbons (Fsp3) is 0.167. The van der Waals surface area contributed by atoms with Crippen LogP contribution in [0.15, 0.2) is 36.4 Å². The predicted octanol–water partition coefficient (Wildman–Crippen LogP) is 3.00. The van der Waals surface area contributed by atoms with Gasteiger partial charge in [0.15, 0.2) is 0 Å². The molecule has 0 aliphatic heterocycles. The lowest BCUT2D eigenvalue weighted by Gasteiger charge is -2.09. The molecule has 0 heterocycles. The molecule has 1 nitrogen and oxygen atoms in total. The van der Waals surface area contributed by atoms with Crippen LogP contribution in [0.4, 0.5) is 4.39 Å². The second kappa shape index (κ2) is 3.39. The molecule has 14 heavy (non-hydrogen) atoms. The molecule has 0 amide bonds. The van der Waals surface area contributed by atoms with Crippen LogP contribution in [-0.4, -0.2) is 0 Å². The predicted molar refractivity (Wildman–Crippen MR) is 56.5 cm³/mol. The Bertz CT molecular complexity index is 463. The van der Waals surface area contributed by atoms with Crippen LogP contribution in [0.5, 0.6) is 0 Å². The fourth-order valence-corrected chi connectivity index (χ4v) is 1.60. The minimum Gasteiger partial charge on any atom is -0.324 e. The number of rotatable bonds is 1. The van der Waals surface area contributed by atoms with Crippen LogP contribution in [0.3, 0.4) is 0 Å². The van der Waals surface area contributed by atoms with Crippen LogP contribution in [-0.2, 0) is 0 Å². The van der Waals surface area contributed by atoms with Gasteiger partial charge in [0, 0.05) is 17.0 Å². The minimum absolute atomic E-state index is 0.196. The maximum absolute atomic E-state index is 13.8. The number of fused-ring (bicyclic) bond motifs is 1. The molecule has 0 fully saturated rings. The summed E-state index contributed by atoms with van der Waals surface area (Å²) in [6.45, 7) is 1.78. The third-order valence-corrected chi connectivity index (χ3v) is 2.38. The summed E-state index contributed by atoms with van der Waals surface area (Å²) in [5.74, 6) is -0.196. The van der Waals surface area contributed by atoms with Crippen LogP contribution < -0.4 is 5.73 Å². The molecule has 0 spiro atoms. The van der Waals surface area contributed by atoms with Crippen LogP contribution in [0, 0.1) is 5.82 Å². The van der Waals surface area contributed by atoms with Crippen molar-refractivity contribution in [2.45, 2.75) is 13.0 Å². The largest absolute Gasteiger partial charge is 0.324 e. The highest BCUT2D eigenvalue weighted by molar-refractivity contribution is 5.83. The van der Waals surface area contributed by atoms with Crippen molar-refractivity contribution in [1.29, 1.82) is 0 Å². The fourth-order valence-electron chi connectivity index (χ4n) is 1.60. The lowest BCUT2D eigenvalue weighted by Crippen LogP contribution is -2.07. The zero-order chi connectivity index (χ0) is 10.1. The Morgan fingerprint density at radius 2 is 1.86 bits per heavy atom. The first-order valence-electron chi connectivity index (χ1n) is 4.63. The Labute approximate surface area is 82.3 Å². The van der Waals surface area contributed by atoms with Crippen LogP contribution in [0.1, 0.15) is 18.5 Å². The van der Waals surface area contributed by atoms with E-state index in [1.165, 1.54) is 0 Å². The third-order valence-electron chi connectivity index (χ3n) is 2.38. The zero-order valence-electron chi connectivity index (χ0n) is 8.00. The van der Waals surface area contributed by atoms with Crippen molar-refractivity contribution in [2.75, 3.05) is 0 Å². The molecule has 2 heteroatoms. The lowest BCUT2D eigenvalue weighted by atomic mass is 10.0. The third kappa shape index (κ3) is 1.38. The number of benzene rings is 2. The molecular formula is C12H12FN. The SMILES string of the molecule is CC(N)c1ccc2ccccc2c1F. The summed E-state index contributed by atoms with van der Waals surface area (Å²) in [5.41, 5.74) is 6.24. The van der Waals surface area contributed by atoms with Crippen molar-refractivity contribution in [3.8, 4) is 0 Å². The molecule has 1 unspecified atom stereocenters. The van der Waals surface area contributed by atoms with E-state index in [1.807, 2.05) is 24.3 Å². The molecule has 72 valence electrons. The molecule has 0 aromatic heterocycles. The van der Waals surface area contributed by atoms with E-state index in [1.54, 1.807) is 19.1 Å². The molecule has 0 aliphatic rings. The second-order valence-corrected chi connectivity index (χ2v) is 3.48. The van der Waals surface area contributed by atoms with Crippen LogP contribution in [0.2, 0.25) is 0 Å². The van der Waals surface area contributed by atoms with Gasteiger partial charge in [0.1, 0.15) is 5.82 Å². The summed E-state index contributed by atoms with van der Waals surface area (Å²) in [5, 5.41) is 1.55. The number of hydrogen-bond donors (Lipinski definition) is 1. The van der Waals surface area contributed by atoms with E-state index >= 15 is 0 Å². The van der Waals surface area contributed by atoms with E-state index in [4.69, 9.17) is 5.73 Å². The standard InChI is InChI=1S/C12H12FN/c1-8(14)10-7-6-9-4-2-3-5-11(9)12(10)13/h2-8H,14H2,1H3. The molecule has 0 saturated heterocycles.